The summed E-state index contributed by atoms with van der Waals surface area (Å²) in [4.78, 5) is 16.4. The van der Waals surface area contributed by atoms with Crippen molar-refractivity contribution in [1.29, 1.82) is 0 Å². The van der Waals surface area contributed by atoms with Gasteiger partial charge in [-0.2, -0.15) is 0 Å². The van der Waals surface area contributed by atoms with Gasteiger partial charge in [0.1, 0.15) is 11.5 Å². The molecule has 1 amide bonds. The third-order valence-corrected chi connectivity index (χ3v) is 3.34. The van der Waals surface area contributed by atoms with E-state index in [0.29, 0.717) is 29.4 Å². The summed E-state index contributed by atoms with van der Waals surface area (Å²) >= 11 is 0. The van der Waals surface area contributed by atoms with Crippen molar-refractivity contribution in [2.75, 3.05) is 17.2 Å². The Hall–Kier alpha value is -3.35. The van der Waals surface area contributed by atoms with Crippen LogP contribution in [0.4, 0.5) is 17.2 Å². The van der Waals surface area contributed by atoms with Crippen LogP contribution in [0.5, 0.6) is 5.75 Å². The molecule has 2 heterocycles. The third-order valence-electron chi connectivity index (χ3n) is 3.34. The van der Waals surface area contributed by atoms with E-state index in [2.05, 4.69) is 20.8 Å². The van der Waals surface area contributed by atoms with Crippen molar-refractivity contribution in [2.45, 2.75) is 13.8 Å². The summed E-state index contributed by atoms with van der Waals surface area (Å²) in [6.07, 6.45) is 3.13. The summed E-state index contributed by atoms with van der Waals surface area (Å²) in [5.41, 5.74) is 1.88. The second-order valence-corrected chi connectivity index (χ2v) is 5.29. The van der Waals surface area contributed by atoms with E-state index < -0.39 is 0 Å². The highest BCUT2D eigenvalue weighted by atomic mass is 16.5. The minimum atomic E-state index is -0.317. The van der Waals surface area contributed by atoms with Gasteiger partial charge in [-0.25, -0.2) is 0 Å². The van der Waals surface area contributed by atoms with Crippen LogP contribution in [0.15, 0.2) is 53.3 Å². The Balaban J connectivity index is 1.76. The zero-order valence-electron chi connectivity index (χ0n) is 13.9. The molecule has 0 radical (unpaired) electrons. The predicted molar refractivity (Wildman–Crippen MR) is 94.3 cm³/mol. The maximum atomic E-state index is 12.3. The minimum absolute atomic E-state index is 0.317. The smallest absolute Gasteiger partial charge is 0.258 e. The van der Waals surface area contributed by atoms with Crippen molar-refractivity contribution >= 4 is 23.1 Å². The number of carbonyl (C=O) groups excluding carboxylic acids is 1. The number of aryl methyl sites for hydroxylation is 1. The van der Waals surface area contributed by atoms with E-state index in [0.717, 1.165) is 11.4 Å². The summed E-state index contributed by atoms with van der Waals surface area (Å²) in [7, 11) is 0. The molecule has 7 heteroatoms. The molecular formula is C18H18N4O3. The number of amides is 1. The van der Waals surface area contributed by atoms with Gasteiger partial charge in [0.05, 0.1) is 29.7 Å². The van der Waals surface area contributed by atoms with Gasteiger partial charge in [0.25, 0.3) is 5.91 Å². The number of rotatable bonds is 6. The summed E-state index contributed by atoms with van der Waals surface area (Å²) in [5, 5.41) is 9.63. The number of para-hydroxylation sites is 2. The Morgan fingerprint density at radius 2 is 2.08 bits per heavy atom. The number of aromatic nitrogens is 2. The quantitative estimate of drug-likeness (QED) is 0.711. The van der Waals surface area contributed by atoms with Crippen LogP contribution in [0.2, 0.25) is 0 Å². The number of nitrogens with one attached hydrogen (secondary N) is 2. The zero-order valence-corrected chi connectivity index (χ0v) is 13.9. The Bertz CT molecular complexity index is 876. The average molecular weight is 338 g/mol. The summed E-state index contributed by atoms with van der Waals surface area (Å²) in [6, 6.07) is 10.9. The van der Waals surface area contributed by atoms with Gasteiger partial charge in [0.15, 0.2) is 5.82 Å². The fourth-order valence-electron chi connectivity index (χ4n) is 2.25. The van der Waals surface area contributed by atoms with Gasteiger partial charge < -0.3 is 19.9 Å². The predicted octanol–water partition coefficient (Wildman–Crippen LogP) is 3.77. The number of hydrogen-bond acceptors (Lipinski definition) is 6. The maximum absolute atomic E-state index is 12.3. The molecule has 0 spiro atoms. The largest absolute Gasteiger partial charge is 0.492 e. The van der Waals surface area contributed by atoms with Gasteiger partial charge in [0, 0.05) is 12.3 Å². The molecular weight excluding hydrogens is 320 g/mol. The number of anilines is 3. The van der Waals surface area contributed by atoms with Gasteiger partial charge in [-0.1, -0.05) is 17.3 Å². The van der Waals surface area contributed by atoms with Crippen LogP contribution in [0.1, 0.15) is 23.0 Å². The Labute approximate surface area is 145 Å². The lowest BCUT2D eigenvalue weighted by atomic mass is 10.2. The molecule has 0 aliphatic heterocycles. The molecule has 0 atom stereocenters. The van der Waals surface area contributed by atoms with Crippen LogP contribution in [-0.2, 0) is 0 Å². The van der Waals surface area contributed by atoms with Gasteiger partial charge >= 0.3 is 0 Å². The minimum Gasteiger partial charge on any atom is -0.492 e. The van der Waals surface area contributed by atoms with Gasteiger partial charge in [-0.05, 0) is 32.0 Å². The first-order chi connectivity index (χ1) is 12.2. The lowest BCUT2D eigenvalue weighted by Crippen LogP contribution is -2.12. The van der Waals surface area contributed by atoms with Gasteiger partial charge in [-0.15, -0.1) is 0 Å². The Morgan fingerprint density at radius 1 is 1.24 bits per heavy atom. The van der Waals surface area contributed by atoms with Crippen LogP contribution in [-0.4, -0.2) is 22.7 Å². The number of carbonyl (C=O) groups is 1. The molecule has 2 aromatic heterocycles. The third kappa shape index (κ3) is 4.14. The highest BCUT2D eigenvalue weighted by Gasteiger charge is 2.11. The fraction of sp³-hybridized carbons (Fsp3) is 0.167. The van der Waals surface area contributed by atoms with E-state index in [1.807, 2.05) is 31.2 Å². The first-order valence-corrected chi connectivity index (χ1v) is 7.84. The SMILES string of the molecule is CCOc1ccccc1Nc1cncc(C(=O)Nc2cc(C)on2)c1. The van der Waals surface area contributed by atoms with E-state index in [1.54, 1.807) is 25.3 Å². The maximum Gasteiger partial charge on any atom is 0.258 e. The molecule has 0 aliphatic carbocycles. The van der Waals surface area contributed by atoms with Crippen LogP contribution in [0.25, 0.3) is 0 Å². The lowest BCUT2D eigenvalue weighted by molar-refractivity contribution is 0.102. The molecule has 128 valence electrons. The number of nitrogens with zero attached hydrogens (tertiary/aromatic N) is 2. The zero-order chi connectivity index (χ0) is 17.6. The molecule has 3 rings (SSSR count). The highest BCUT2D eigenvalue weighted by molar-refractivity contribution is 6.04. The van der Waals surface area contributed by atoms with Crippen molar-refractivity contribution in [3.63, 3.8) is 0 Å². The van der Waals surface area contributed by atoms with Crippen LogP contribution in [0.3, 0.4) is 0 Å². The van der Waals surface area contributed by atoms with Crippen LogP contribution in [0, 0.1) is 6.92 Å². The van der Waals surface area contributed by atoms with Crippen LogP contribution >= 0.6 is 0 Å². The molecule has 0 fully saturated rings. The van der Waals surface area contributed by atoms with Crippen molar-refractivity contribution in [2.24, 2.45) is 0 Å². The molecule has 0 aliphatic rings. The Kier molecular flexibility index (Phi) is 4.94. The van der Waals surface area contributed by atoms with Crippen molar-refractivity contribution in [3.8, 4) is 5.75 Å². The summed E-state index contributed by atoms with van der Waals surface area (Å²) < 4.78 is 10.5. The van der Waals surface area contributed by atoms with E-state index in [-0.39, 0.29) is 5.91 Å². The van der Waals surface area contributed by atoms with Gasteiger partial charge in [-0.3, -0.25) is 9.78 Å². The summed E-state index contributed by atoms with van der Waals surface area (Å²) in [5.74, 6) is 1.40. The monoisotopic (exact) mass is 338 g/mol. The molecule has 0 saturated carbocycles. The highest BCUT2D eigenvalue weighted by Crippen LogP contribution is 2.27. The van der Waals surface area contributed by atoms with Crippen LogP contribution < -0.4 is 15.4 Å². The molecule has 2 N–H and O–H groups in total. The molecule has 0 bridgehead atoms. The molecule has 7 nitrogen and oxygen atoms in total. The second-order valence-electron chi connectivity index (χ2n) is 5.29. The molecule has 0 unspecified atom stereocenters. The van der Waals surface area contributed by atoms with Crippen molar-refractivity contribution in [3.05, 3.63) is 60.1 Å². The topological polar surface area (TPSA) is 89.3 Å². The van der Waals surface area contributed by atoms with Crippen molar-refractivity contribution < 1.29 is 14.1 Å². The van der Waals surface area contributed by atoms with E-state index in [9.17, 15) is 4.79 Å². The van der Waals surface area contributed by atoms with Gasteiger partial charge in [0.2, 0.25) is 0 Å². The fourth-order valence-corrected chi connectivity index (χ4v) is 2.25. The molecule has 25 heavy (non-hydrogen) atoms. The number of benzene rings is 1. The number of ether oxygens (including phenoxy) is 1. The average Bonchev–Trinajstić information content (AvgIpc) is 3.02. The molecule has 1 aromatic carbocycles. The second kappa shape index (κ2) is 7.48. The van der Waals surface area contributed by atoms with Crippen molar-refractivity contribution in [1.82, 2.24) is 10.1 Å². The number of pyridine rings is 1. The lowest BCUT2D eigenvalue weighted by Gasteiger charge is -2.12. The number of hydrogen-bond donors (Lipinski definition) is 2. The normalized spacial score (nSPS) is 10.3. The first-order valence-electron chi connectivity index (χ1n) is 7.84. The first kappa shape index (κ1) is 16.5. The molecule has 0 saturated heterocycles. The van der Waals surface area contributed by atoms with E-state index in [1.165, 1.54) is 6.20 Å². The van der Waals surface area contributed by atoms with E-state index in [4.69, 9.17) is 9.26 Å². The summed E-state index contributed by atoms with van der Waals surface area (Å²) in [6.45, 7) is 4.25. The standard InChI is InChI=1S/C18H18N4O3/c1-3-24-16-7-5-4-6-15(16)20-14-9-13(10-19-11-14)18(23)21-17-8-12(2)25-22-17/h4-11,20H,3H2,1-2H3,(H,21,22,23). The molecule has 3 aromatic rings. The van der Waals surface area contributed by atoms with E-state index >= 15 is 0 Å². The Morgan fingerprint density at radius 3 is 2.84 bits per heavy atom.